The Labute approximate surface area is 156 Å². The van der Waals surface area contributed by atoms with Crippen LogP contribution in [0, 0.1) is 0 Å². The monoisotopic (exact) mass is 370 g/mol. The summed E-state index contributed by atoms with van der Waals surface area (Å²) in [4.78, 5) is 19.8. The van der Waals surface area contributed by atoms with Crippen LogP contribution in [-0.4, -0.2) is 41.6 Å². The van der Waals surface area contributed by atoms with E-state index in [1.807, 2.05) is 30.0 Å². The number of aromatic nitrogens is 1. The average molecular weight is 371 g/mol. The molecule has 134 valence electrons. The minimum atomic E-state index is -0.0372. The van der Waals surface area contributed by atoms with Crippen molar-refractivity contribution < 1.29 is 13.9 Å². The molecule has 0 unspecified atom stereocenters. The summed E-state index contributed by atoms with van der Waals surface area (Å²) in [6, 6.07) is 10.9. The van der Waals surface area contributed by atoms with Gasteiger partial charge in [-0.2, -0.15) is 0 Å². The summed E-state index contributed by atoms with van der Waals surface area (Å²) in [6.45, 7) is 3.90. The lowest BCUT2D eigenvalue weighted by Crippen LogP contribution is -2.36. The fourth-order valence-corrected chi connectivity index (χ4v) is 3.51. The number of pyridine rings is 1. The number of rotatable bonds is 2. The van der Waals surface area contributed by atoms with Crippen molar-refractivity contribution in [1.82, 2.24) is 9.88 Å². The molecule has 2 aromatic heterocycles. The highest BCUT2D eigenvalue weighted by molar-refractivity contribution is 6.35. The average Bonchev–Trinajstić information content (AvgIpc) is 3.09. The van der Waals surface area contributed by atoms with E-state index in [0.29, 0.717) is 47.3 Å². The Morgan fingerprint density at radius 1 is 1.31 bits per heavy atom. The van der Waals surface area contributed by atoms with Gasteiger partial charge >= 0.3 is 0 Å². The number of fused-ring (bicyclic) bond motifs is 1. The topological polar surface area (TPSA) is 55.6 Å². The quantitative estimate of drug-likeness (QED) is 0.671. The number of benzene rings is 1. The third-order valence-corrected chi connectivity index (χ3v) is 4.84. The van der Waals surface area contributed by atoms with Gasteiger partial charge in [0.25, 0.3) is 5.91 Å². The molecule has 1 amide bonds. The zero-order chi connectivity index (χ0) is 18.1. The predicted octanol–water partition coefficient (Wildman–Crippen LogP) is 4.40. The standard InChI is InChI=1S/C20H19ClN2O3/c1-13-12-23(8-4-10-25-13)20(24)15-11-17(18-7-3-9-26-18)22-19-14(15)5-2-6-16(19)21/h2-3,5-7,9,11,13H,4,8,10,12H2,1H3/t13-/m1/s1. The van der Waals surface area contributed by atoms with Crippen LogP contribution in [0.3, 0.4) is 0 Å². The summed E-state index contributed by atoms with van der Waals surface area (Å²) < 4.78 is 11.1. The minimum absolute atomic E-state index is 0.0164. The smallest absolute Gasteiger partial charge is 0.254 e. The molecular weight excluding hydrogens is 352 g/mol. The summed E-state index contributed by atoms with van der Waals surface area (Å²) in [5.41, 5.74) is 1.78. The van der Waals surface area contributed by atoms with Gasteiger partial charge in [-0.3, -0.25) is 4.79 Å². The van der Waals surface area contributed by atoms with Crippen LogP contribution in [0.2, 0.25) is 5.02 Å². The number of amides is 1. The Morgan fingerprint density at radius 3 is 3.00 bits per heavy atom. The first-order valence-electron chi connectivity index (χ1n) is 8.67. The van der Waals surface area contributed by atoms with Crippen molar-refractivity contribution in [2.45, 2.75) is 19.4 Å². The van der Waals surface area contributed by atoms with E-state index in [-0.39, 0.29) is 12.0 Å². The van der Waals surface area contributed by atoms with Crippen LogP contribution < -0.4 is 0 Å². The van der Waals surface area contributed by atoms with Crippen molar-refractivity contribution in [3.8, 4) is 11.5 Å². The number of hydrogen-bond donors (Lipinski definition) is 0. The van der Waals surface area contributed by atoms with E-state index in [2.05, 4.69) is 4.98 Å². The molecular formula is C20H19ClN2O3. The molecule has 1 saturated heterocycles. The number of para-hydroxylation sites is 1. The molecule has 0 radical (unpaired) electrons. The van der Waals surface area contributed by atoms with Crippen LogP contribution >= 0.6 is 11.6 Å². The Bertz CT molecular complexity index is 940. The maximum absolute atomic E-state index is 13.3. The van der Waals surface area contributed by atoms with Gasteiger partial charge in [0.15, 0.2) is 5.76 Å². The molecule has 6 heteroatoms. The lowest BCUT2D eigenvalue weighted by molar-refractivity contribution is 0.0564. The molecule has 4 rings (SSSR count). The molecule has 1 aromatic carbocycles. The van der Waals surface area contributed by atoms with Crippen LogP contribution in [0.25, 0.3) is 22.4 Å². The van der Waals surface area contributed by atoms with E-state index in [1.54, 1.807) is 24.5 Å². The summed E-state index contributed by atoms with van der Waals surface area (Å²) >= 11 is 6.36. The van der Waals surface area contributed by atoms with Crippen LogP contribution in [0.15, 0.2) is 47.1 Å². The zero-order valence-corrected chi connectivity index (χ0v) is 15.2. The van der Waals surface area contributed by atoms with Gasteiger partial charge in [0.2, 0.25) is 0 Å². The highest BCUT2D eigenvalue weighted by atomic mass is 35.5. The Morgan fingerprint density at radius 2 is 2.19 bits per heavy atom. The lowest BCUT2D eigenvalue weighted by Gasteiger charge is -2.23. The van der Waals surface area contributed by atoms with Crippen molar-refractivity contribution in [1.29, 1.82) is 0 Å². The third kappa shape index (κ3) is 3.20. The molecule has 1 atom stereocenters. The first-order chi connectivity index (χ1) is 12.6. The van der Waals surface area contributed by atoms with Crippen LogP contribution in [0.4, 0.5) is 0 Å². The van der Waals surface area contributed by atoms with Crippen molar-refractivity contribution in [2.24, 2.45) is 0 Å². The summed E-state index contributed by atoms with van der Waals surface area (Å²) in [5.74, 6) is 0.568. The minimum Gasteiger partial charge on any atom is -0.463 e. The summed E-state index contributed by atoms with van der Waals surface area (Å²) in [5, 5.41) is 1.26. The van der Waals surface area contributed by atoms with Crippen LogP contribution in [-0.2, 0) is 4.74 Å². The van der Waals surface area contributed by atoms with Gasteiger partial charge in [-0.25, -0.2) is 4.98 Å². The maximum Gasteiger partial charge on any atom is 0.254 e. The molecule has 1 fully saturated rings. The summed E-state index contributed by atoms with van der Waals surface area (Å²) in [7, 11) is 0. The highest BCUT2D eigenvalue weighted by Crippen LogP contribution is 2.30. The van der Waals surface area contributed by atoms with E-state index in [1.165, 1.54) is 0 Å². The number of hydrogen-bond acceptors (Lipinski definition) is 4. The molecule has 5 nitrogen and oxygen atoms in total. The number of halogens is 1. The van der Waals surface area contributed by atoms with Gasteiger partial charge in [0.05, 0.1) is 28.5 Å². The molecule has 0 aliphatic carbocycles. The first kappa shape index (κ1) is 17.1. The number of ether oxygens (including phenoxy) is 1. The Kier molecular flexibility index (Phi) is 4.66. The number of carbonyl (C=O) groups excluding carboxylic acids is 1. The molecule has 3 heterocycles. The van der Waals surface area contributed by atoms with Crippen molar-refractivity contribution in [2.75, 3.05) is 19.7 Å². The van der Waals surface area contributed by atoms with E-state index in [4.69, 9.17) is 20.8 Å². The maximum atomic E-state index is 13.3. The Hall–Kier alpha value is -2.37. The number of nitrogens with zero attached hydrogens (tertiary/aromatic N) is 2. The molecule has 0 saturated carbocycles. The second-order valence-electron chi connectivity index (χ2n) is 6.45. The van der Waals surface area contributed by atoms with E-state index < -0.39 is 0 Å². The summed E-state index contributed by atoms with van der Waals surface area (Å²) in [6.07, 6.45) is 2.43. The second-order valence-corrected chi connectivity index (χ2v) is 6.86. The zero-order valence-electron chi connectivity index (χ0n) is 14.4. The first-order valence-corrected chi connectivity index (χ1v) is 9.05. The fraction of sp³-hybridized carbons (Fsp3) is 0.300. The molecule has 26 heavy (non-hydrogen) atoms. The second kappa shape index (κ2) is 7.09. The molecule has 0 spiro atoms. The molecule has 1 aliphatic heterocycles. The lowest BCUT2D eigenvalue weighted by atomic mass is 10.0. The highest BCUT2D eigenvalue weighted by Gasteiger charge is 2.24. The van der Waals surface area contributed by atoms with Gasteiger partial charge in [-0.1, -0.05) is 23.7 Å². The van der Waals surface area contributed by atoms with E-state index >= 15 is 0 Å². The number of furan rings is 1. The van der Waals surface area contributed by atoms with Crippen molar-refractivity contribution >= 4 is 28.4 Å². The van der Waals surface area contributed by atoms with E-state index in [9.17, 15) is 4.79 Å². The van der Waals surface area contributed by atoms with Gasteiger partial charge in [-0.15, -0.1) is 0 Å². The molecule has 0 bridgehead atoms. The normalized spacial score (nSPS) is 18.1. The van der Waals surface area contributed by atoms with Crippen molar-refractivity contribution in [3.05, 3.63) is 53.2 Å². The predicted molar refractivity (Wildman–Crippen MR) is 100 cm³/mol. The van der Waals surface area contributed by atoms with Crippen LogP contribution in [0.1, 0.15) is 23.7 Å². The molecule has 3 aromatic rings. The van der Waals surface area contributed by atoms with Gasteiger partial charge in [-0.05, 0) is 37.6 Å². The SMILES string of the molecule is C[C@@H]1CN(C(=O)c2cc(-c3ccco3)nc3c(Cl)cccc23)CCCO1. The van der Waals surface area contributed by atoms with Gasteiger partial charge in [0.1, 0.15) is 5.69 Å². The fourth-order valence-electron chi connectivity index (χ4n) is 3.29. The number of carbonyl (C=O) groups is 1. The largest absolute Gasteiger partial charge is 0.463 e. The van der Waals surface area contributed by atoms with E-state index in [0.717, 1.165) is 11.8 Å². The Balaban J connectivity index is 1.85. The van der Waals surface area contributed by atoms with Crippen molar-refractivity contribution in [3.63, 3.8) is 0 Å². The van der Waals surface area contributed by atoms with Gasteiger partial charge in [0, 0.05) is 25.1 Å². The molecule has 0 N–H and O–H groups in total. The van der Waals surface area contributed by atoms with Gasteiger partial charge < -0.3 is 14.1 Å². The molecule has 1 aliphatic rings. The third-order valence-electron chi connectivity index (χ3n) is 4.53. The van der Waals surface area contributed by atoms with Crippen LogP contribution in [0.5, 0.6) is 0 Å².